The summed E-state index contributed by atoms with van der Waals surface area (Å²) in [7, 11) is 0. The van der Waals surface area contributed by atoms with Crippen LogP contribution in [0.5, 0.6) is 5.75 Å². The van der Waals surface area contributed by atoms with Gasteiger partial charge in [0.05, 0.1) is 0 Å². The Kier molecular flexibility index (Phi) is 4.22. The zero-order valence-corrected chi connectivity index (χ0v) is 11.9. The highest BCUT2D eigenvalue weighted by molar-refractivity contribution is 5.46. The van der Waals surface area contributed by atoms with Crippen LogP contribution in [0.1, 0.15) is 12.8 Å². The van der Waals surface area contributed by atoms with E-state index in [1.54, 1.807) is 0 Å². The molecule has 0 amide bonds. The van der Waals surface area contributed by atoms with Crippen molar-refractivity contribution in [1.82, 2.24) is 0 Å². The minimum absolute atomic E-state index is 0.269. The molecule has 1 aliphatic heterocycles. The van der Waals surface area contributed by atoms with Crippen LogP contribution in [0.2, 0.25) is 0 Å². The van der Waals surface area contributed by atoms with Crippen molar-refractivity contribution in [2.75, 3.05) is 18.0 Å². The summed E-state index contributed by atoms with van der Waals surface area (Å²) in [5.74, 6) is -3.42. The van der Waals surface area contributed by atoms with Crippen molar-refractivity contribution in [3.05, 3.63) is 59.9 Å². The molecule has 0 saturated carbocycles. The summed E-state index contributed by atoms with van der Waals surface area (Å²) < 4.78 is 45.5. The van der Waals surface area contributed by atoms with Crippen LogP contribution in [-0.2, 0) is 0 Å². The molecule has 0 unspecified atom stereocenters. The van der Waals surface area contributed by atoms with Gasteiger partial charge in [-0.3, -0.25) is 0 Å². The van der Waals surface area contributed by atoms with Crippen molar-refractivity contribution in [3.63, 3.8) is 0 Å². The molecule has 2 nitrogen and oxygen atoms in total. The van der Waals surface area contributed by atoms with Crippen LogP contribution in [0, 0.1) is 17.5 Å². The number of hydrogen-bond acceptors (Lipinski definition) is 2. The highest BCUT2D eigenvalue weighted by Crippen LogP contribution is 2.27. The van der Waals surface area contributed by atoms with E-state index in [1.807, 2.05) is 30.3 Å². The van der Waals surface area contributed by atoms with Crippen LogP contribution >= 0.6 is 0 Å². The molecule has 0 bridgehead atoms. The zero-order valence-electron chi connectivity index (χ0n) is 11.9. The second-order valence-electron chi connectivity index (χ2n) is 5.34. The second-order valence-corrected chi connectivity index (χ2v) is 5.34. The number of hydrogen-bond donors (Lipinski definition) is 0. The maximum absolute atomic E-state index is 13.6. The largest absolute Gasteiger partial charge is 0.484 e. The number of piperidine rings is 1. The van der Waals surface area contributed by atoms with E-state index in [2.05, 4.69) is 4.90 Å². The van der Waals surface area contributed by atoms with E-state index in [9.17, 15) is 13.2 Å². The van der Waals surface area contributed by atoms with Crippen molar-refractivity contribution < 1.29 is 17.9 Å². The number of para-hydroxylation sites is 1. The van der Waals surface area contributed by atoms with Gasteiger partial charge in [0.25, 0.3) is 0 Å². The van der Waals surface area contributed by atoms with Crippen LogP contribution in [-0.4, -0.2) is 19.2 Å². The molecule has 1 aliphatic rings. The van der Waals surface area contributed by atoms with E-state index >= 15 is 0 Å². The van der Waals surface area contributed by atoms with Gasteiger partial charge >= 0.3 is 0 Å². The second kappa shape index (κ2) is 6.30. The van der Waals surface area contributed by atoms with Gasteiger partial charge in [-0.25, -0.2) is 13.2 Å². The van der Waals surface area contributed by atoms with Crippen LogP contribution in [0.15, 0.2) is 42.5 Å². The molecule has 0 N–H and O–H groups in total. The number of nitrogens with zero attached hydrogens (tertiary/aromatic N) is 1. The van der Waals surface area contributed by atoms with Gasteiger partial charge in [0.15, 0.2) is 17.4 Å². The van der Waals surface area contributed by atoms with Gasteiger partial charge in [-0.2, -0.15) is 0 Å². The lowest BCUT2D eigenvalue weighted by Gasteiger charge is -2.33. The van der Waals surface area contributed by atoms with Gasteiger partial charge < -0.3 is 9.64 Å². The SMILES string of the molecule is Fc1cc(F)c(OC2CCN(c3ccccc3)CC2)c(F)c1. The molecule has 1 fully saturated rings. The first-order valence-corrected chi connectivity index (χ1v) is 7.24. The number of rotatable bonds is 3. The fourth-order valence-electron chi connectivity index (χ4n) is 2.68. The van der Waals surface area contributed by atoms with Gasteiger partial charge in [-0.05, 0) is 12.1 Å². The first-order chi connectivity index (χ1) is 10.6. The van der Waals surface area contributed by atoms with Crippen molar-refractivity contribution in [3.8, 4) is 5.75 Å². The Hall–Kier alpha value is -2.17. The predicted octanol–water partition coefficient (Wildman–Crippen LogP) is 4.15. The molecule has 0 aromatic heterocycles. The van der Waals surface area contributed by atoms with Crippen LogP contribution in [0.4, 0.5) is 18.9 Å². The van der Waals surface area contributed by atoms with Crippen LogP contribution in [0.3, 0.4) is 0 Å². The Bertz CT molecular complexity index is 617. The number of anilines is 1. The minimum Gasteiger partial charge on any atom is -0.484 e. The molecule has 2 aromatic rings. The van der Waals surface area contributed by atoms with Crippen molar-refractivity contribution >= 4 is 5.69 Å². The summed E-state index contributed by atoms with van der Waals surface area (Å²) in [6, 6.07) is 11.2. The summed E-state index contributed by atoms with van der Waals surface area (Å²) in [5.41, 5.74) is 1.13. The molecular formula is C17H16F3NO. The normalized spacial score (nSPS) is 15.9. The van der Waals surface area contributed by atoms with Crippen LogP contribution < -0.4 is 9.64 Å². The van der Waals surface area contributed by atoms with E-state index in [-0.39, 0.29) is 6.10 Å². The lowest BCUT2D eigenvalue weighted by atomic mass is 10.1. The van der Waals surface area contributed by atoms with Gasteiger partial charge in [0.2, 0.25) is 0 Å². The molecule has 5 heteroatoms. The van der Waals surface area contributed by atoms with Crippen molar-refractivity contribution in [1.29, 1.82) is 0 Å². The van der Waals surface area contributed by atoms with Crippen LogP contribution in [0.25, 0.3) is 0 Å². The van der Waals surface area contributed by atoms with E-state index in [0.29, 0.717) is 25.0 Å². The fraction of sp³-hybridized carbons (Fsp3) is 0.294. The summed E-state index contributed by atoms with van der Waals surface area (Å²) >= 11 is 0. The average Bonchev–Trinajstić information content (AvgIpc) is 2.52. The molecule has 3 rings (SSSR count). The first kappa shape index (κ1) is 14.8. The van der Waals surface area contributed by atoms with E-state index in [0.717, 1.165) is 18.8 Å². The molecule has 0 spiro atoms. The molecule has 0 radical (unpaired) electrons. The molecule has 116 valence electrons. The highest BCUT2D eigenvalue weighted by Gasteiger charge is 2.23. The topological polar surface area (TPSA) is 12.5 Å². The Morgan fingerprint density at radius 1 is 0.909 bits per heavy atom. The number of ether oxygens (including phenoxy) is 1. The summed E-state index contributed by atoms with van der Waals surface area (Å²) in [5, 5.41) is 0. The third-order valence-electron chi connectivity index (χ3n) is 3.81. The summed E-state index contributed by atoms with van der Waals surface area (Å²) in [4.78, 5) is 2.21. The Morgan fingerprint density at radius 2 is 1.50 bits per heavy atom. The molecular weight excluding hydrogens is 291 g/mol. The Balaban J connectivity index is 1.63. The monoisotopic (exact) mass is 307 g/mol. The maximum atomic E-state index is 13.6. The first-order valence-electron chi connectivity index (χ1n) is 7.24. The number of halogens is 3. The third-order valence-corrected chi connectivity index (χ3v) is 3.81. The zero-order chi connectivity index (χ0) is 15.5. The van der Waals surface area contributed by atoms with E-state index < -0.39 is 23.2 Å². The van der Waals surface area contributed by atoms with Gasteiger partial charge in [0.1, 0.15) is 11.9 Å². The lowest BCUT2D eigenvalue weighted by Crippen LogP contribution is -2.38. The highest BCUT2D eigenvalue weighted by atomic mass is 19.1. The van der Waals surface area contributed by atoms with E-state index in [4.69, 9.17) is 4.74 Å². The quantitative estimate of drug-likeness (QED) is 0.844. The standard InChI is InChI=1S/C17H16F3NO/c18-12-10-15(19)17(16(20)11-12)22-14-6-8-21(9-7-14)13-4-2-1-3-5-13/h1-5,10-11,14H,6-9H2. The van der Waals surface area contributed by atoms with Gasteiger partial charge in [0, 0.05) is 43.8 Å². The predicted molar refractivity (Wildman–Crippen MR) is 78.6 cm³/mol. The molecule has 22 heavy (non-hydrogen) atoms. The smallest absolute Gasteiger partial charge is 0.191 e. The molecule has 1 saturated heterocycles. The number of benzene rings is 2. The molecule has 0 aliphatic carbocycles. The summed E-state index contributed by atoms with van der Waals surface area (Å²) in [6.45, 7) is 1.50. The minimum atomic E-state index is -0.997. The van der Waals surface area contributed by atoms with E-state index in [1.165, 1.54) is 0 Å². The Labute approximate surface area is 127 Å². The van der Waals surface area contributed by atoms with Gasteiger partial charge in [-0.15, -0.1) is 0 Å². The van der Waals surface area contributed by atoms with Gasteiger partial charge in [-0.1, -0.05) is 18.2 Å². The Morgan fingerprint density at radius 3 is 2.09 bits per heavy atom. The molecule has 2 aromatic carbocycles. The maximum Gasteiger partial charge on any atom is 0.191 e. The molecule has 0 atom stereocenters. The average molecular weight is 307 g/mol. The van der Waals surface area contributed by atoms with Crippen molar-refractivity contribution in [2.24, 2.45) is 0 Å². The molecule has 1 heterocycles. The fourth-order valence-corrected chi connectivity index (χ4v) is 2.68. The third kappa shape index (κ3) is 3.18. The van der Waals surface area contributed by atoms with Crippen molar-refractivity contribution in [2.45, 2.75) is 18.9 Å². The summed E-state index contributed by atoms with van der Waals surface area (Å²) in [6.07, 6.45) is 1.05. The lowest BCUT2D eigenvalue weighted by molar-refractivity contribution is 0.156.